The van der Waals surface area contributed by atoms with Crippen molar-refractivity contribution in [1.82, 2.24) is 10.2 Å². The second-order valence-electron chi connectivity index (χ2n) is 8.93. The third kappa shape index (κ3) is 7.19. The summed E-state index contributed by atoms with van der Waals surface area (Å²) in [5.41, 5.74) is 5.20. The highest BCUT2D eigenvalue weighted by Gasteiger charge is 2.30. The van der Waals surface area contributed by atoms with Gasteiger partial charge in [-0.2, -0.15) is 0 Å². The molecule has 184 valence electrons. The molecule has 1 N–H and O–H groups in total. The lowest BCUT2D eigenvalue weighted by Crippen LogP contribution is -2.51. The lowest BCUT2D eigenvalue weighted by Gasteiger charge is -2.32. The first-order chi connectivity index (χ1) is 16.9. The average Bonchev–Trinajstić information content (AvgIpc) is 2.87. The van der Waals surface area contributed by atoms with Gasteiger partial charge in [0.2, 0.25) is 5.91 Å². The topological polar surface area (TPSA) is 58.6 Å². The van der Waals surface area contributed by atoms with Crippen LogP contribution in [0, 0.1) is 20.8 Å². The van der Waals surface area contributed by atoms with Gasteiger partial charge in [0.25, 0.3) is 5.91 Å². The molecule has 0 spiro atoms. The summed E-state index contributed by atoms with van der Waals surface area (Å²) in [6, 6.07) is 22.9. The predicted octanol–water partition coefficient (Wildman–Crippen LogP) is 5.16. The van der Waals surface area contributed by atoms with Crippen LogP contribution in [0.1, 0.15) is 41.2 Å². The molecule has 0 aliphatic heterocycles. The van der Waals surface area contributed by atoms with Crippen molar-refractivity contribution in [1.29, 1.82) is 0 Å². The summed E-state index contributed by atoms with van der Waals surface area (Å²) in [7, 11) is 0. The summed E-state index contributed by atoms with van der Waals surface area (Å²) in [5, 5.41) is 3.01. The molecular weight excluding hydrogens is 436 g/mol. The van der Waals surface area contributed by atoms with Crippen LogP contribution in [0.25, 0.3) is 0 Å². The van der Waals surface area contributed by atoms with E-state index in [9.17, 15) is 9.59 Å². The normalized spacial score (nSPS) is 11.5. The molecule has 35 heavy (non-hydrogen) atoms. The number of aryl methyl sites for hydroxylation is 2. The molecule has 5 heteroatoms. The number of carbonyl (C=O) groups is 2. The Morgan fingerprint density at radius 3 is 2.29 bits per heavy atom. The lowest BCUT2D eigenvalue weighted by molar-refractivity contribution is -0.142. The summed E-state index contributed by atoms with van der Waals surface area (Å²) < 4.78 is 5.97. The van der Waals surface area contributed by atoms with E-state index >= 15 is 0 Å². The number of ether oxygens (including phenoxy) is 1. The van der Waals surface area contributed by atoms with Crippen LogP contribution in [0.15, 0.2) is 72.8 Å². The number of carbonyl (C=O) groups excluding carboxylic acids is 2. The van der Waals surface area contributed by atoms with Gasteiger partial charge >= 0.3 is 0 Å². The van der Waals surface area contributed by atoms with Crippen LogP contribution in [0.4, 0.5) is 0 Å². The molecule has 3 aromatic carbocycles. The second-order valence-corrected chi connectivity index (χ2v) is 8.93. The fourth-order valence-corrected chi connectivity index (χ4v) is 3.99. The van der Waals surface area contributed by atoms with Gasteiger partial charge in [-0.3, -0.25) is 9.59 Å². The van der Waals surface area contributed by atoms with Crippen molar-refractivity contribution >= 4 is 11.8 Å². The Balaban J connectivity index is 1.92. The molecule has 0 saturated heterocycles. The summed E-state index contributed by atoms with van der Waals surface area (Å²) in [4.78, 5) is 28.7. The highest BCUT2D eigenvalue weighted by molar-refractivity contribution is 5.88. The number of amides is 2. The van der Waals surface area contributed by atoms with E-state index in [-0.39, 0.29) is 18.4 Å². The van der Waals surface area contributed by atoms with E-state index in [4.69, 9.17) is 4.74 Å². The maximum Gasteiger partial charge on any atom is 0.261 e. The Morgan fingerprint density at radius 1 is 0.886 bits per heavy atom. The van der Waals surface area contributed by atoms with E-state index in [1.54, 1.807) is 4.90 Å². The zero-order valence-electron chi connectivity index (χ0n) is 21.2. The van der Waals surface area contributed by atoms with Crippen molar-refractivity contribution in [2.24, 2.45) is 0 Å². The SMILES string of the molecule is CCCNC(=O)[C@@H](Cc1ccccc1)N(Cc1ccccc1C)C(=O)COc1cccc(C)c1C. The summed E-state index contributed by atoms with van der Waals surface area (Å²) in [6.07, 6.45) is 1.25. The Morgan fingerprint density at radius 2 is 1.57 bits per heavy atom. The average molecular weight is 473 g/mol. The van der Waals surface area contributed by atoms with Crippen LogP contribution < -0.4 is 10.1 Å². The fourth-order valence-electron chi connectivity index (χ4n) is 3.99. The van der Waals surface area contributed by atoms with E-state index in [1.807, 2.05) is 100 Å². The van der Waals surface area contributed by atoms with Crippen LogP contribution >= 0.6 is 0 Å². The third-order valence-corrected chi connectivity index (χ3v) is 6.33. The van der Waals surface area contributed by atoms with Crippen molar-refractivity contribution in [3.8, 4) is 5.75 Å². The molecule has 0 bridgehead atoms. The number of nitrogens with one attached hydrogen (secondary N) is 1. The van der Waals surface area contributed by atoms with Crippen molar-refractivity contribution in [3.63, 3.8) is 0 Å². The standard InChI is InChI=1S/C30H36N2O3/c1-5-18-31-30(34)27(19-25-14-7-6-8-15-25)32(20-26-16-10-9-12-23(26)3)29(33)21-35-28-17-11-13-22(2)24(28)4/h6-17,27H,5,18-21H2,1-4H3,(H,31,34)/t27-/m1/s1. The van der Waals surface area contributed by atoms with Crippen molar-refractivity contribution in [2.75, 3.05) is 13.2 Å². The Bertz CT molecular complexity index is 1130. The van der Waals surface area contributed by atoms with Crippen LogP contribution in [0.5, 0.6) is 5.75 Å². The van der Waals surface area contributed by atoms with Crippen molar-refractivity contribution in [3.05, 3.63) is 101 Å². The fraction of sp³-hybridized carbons (Fsp3) is 0.333. The summed E-state index contributed by atoms with van der Waals surface area (Å²) in [5.74, 6) is 0.315. The lowest BCUT2D eigenvalue weighted by atomic mass is 10.0. The molecule has 0 fully saturated rings. The molecule has 0 aliphatic carbocycles. The minimum Gasteiger partial charge on any atom is -0.483 e. The first-order valence-corrected chi connectivity index (χ1v) is 12.2. The number of nitrogens with zero attached hydrogens (tertiary/aromatic N) is 1. The maximum absolute atomic E-state index is 13.7. The quantitative estimate of drug-likeness (QED) is 0.420. The van der Waals surface area contributed by atoms with E-state index in [0.717, 1.165) is 34.2 Å². The monoisotopic (exact) mass is 472 g/mol. The summed E-state index contributed by atoms with van der Waals surface area (Å²) >= 11 is 0. The molecule has 0 saturated carbocycles. The molecule has 2 amide bonds. The minimum absolute atomic E-state index is 0.136. The highest BCUT2D eigenvalue weighted by atomic mass is 16.5. The van der Waals surface area contributed by atoms with Gasteiger partial charge in [0.1, 0.15) is 11.8 Å². The van der Waals surface area contributed by atoms with Gasteiger partial charge in [0.15, 0.2) is 6.61 Å². The number of benzene rings is 3. The first-order valence-electron chi connectivity index (χ1n) is 12.2. The van der Waals surface area contributed by atoms with Gasteiger partial charge in [-0.25, -0.2) is 0 Å². The Hall–Kier alpha value is -3.60. The number of hydrogen-bond acceptors (Lipinski definition) is 3. The molecule has 0 aliphatic rings. The molecule has 3 aromatic rings. The third-order valence-electron chi connectivity index (χ3n) is 6.33. The highest BCUT2D eigenvalue weighted by Crippen LogP contribution is 2.22. The van der Waals surface area contributed by atoms with Crippen LogP contribution in [-0.2, 0) is 22.6 Å². The molecule has 3 rings (SSSR count). The van der Waals surface area contributed by atoms with E-state index in [2.05, 4.69) is 5.32 Å². The van der Waals surface area contributed by atoms with Gasteiger partial charge in [0.05, 0.1) is 0 Å². The predicted molar refractivity (Wildman–Crippen MR) is 140 cm³/mol. The zero-order valence-corrected chi connectivity index (χ0v) is 21.2. The molecule has 0 radical (unpaired) electrons. The largest absolute Gasteiger partial charge is 0.483 e. The van der Waals surface area contributed by atoms with E-state index < -0.39 is 6.04 Å². The van der Waals surface area contributed by atoms with Crippen molar-refractivity contribution < 1.29 is 14.3 Å². The Labute approximate surface area is 209 Å². The molecule has 1 atom stereocenters. The van der Waals surface area contributed by atoms with E-state index in [0.29, 0.717) is 25.3 Å². The molecule has 0 heterocycles. The van der Waals surface area contributed by atoms with Crippen molar-refractivity contribution in [2.45, 2.75) is 53.1 Å². The minimum atomic E-state index is -0.654. The van der Waals surface area contributed by atoms with Gasteiger partial charge in [-0.1, -0.05) is 73.7 Å². The van der Waals surface area contributed by atoms with Gasteiger partial charge in [-0.15, -0.1) is 0 Å². The van der Waals surface area contributed by atoms with Gasteiger partial charge in [0, 0.05) is 19.5 Å². The second kappa shape index (κ2) is 12.7. The maximum atomic E-state index is 13.7. The molecule has 0 aromatic heterocycles. The van der Waals surface area contributed by atoms with E-state index in [1.165, 1.54) is 0 Å². The van der Waals surface area contributed by atoms with Gasteiger partial charge in [-0.05, 0) is 61.1 Å². The summed E-state index contributed by atoms with van der Waals surface area (Å²) in [6.45, 7) is 8.80. The number of hydrogen-bond donors (Lipinski definition) is 1. The zero-order chi connectivity index (χ0) is 25.2. The van der Waals surface area contributed by atoms with Crippen LogP contribution in [-0.4, -0.2) is 35.9 Å². The first kappa shape index (κ1) is 26.0. The molecule has 5 nitrogen and oxygen atoms in total. The number of rotatable bonds is 11. The molecular formula is C30H36N2O3. The van der Waals surface area contributed by atoms with Crippen LogP contribution in [0.2, 0.25) is 0 Å². The smallest absolute Gasteiger partial charge is 0.261 e. The van der Waals surface area contributed by atoms with Gasteiger partial charge < -0.3 is 15.0 Å². The molecule has 0 unspecified atom stereocenters. The van der Waals surface area contributed by atoms with Crippen LogP contribution in [0.3, 0.4) is 0 Å². The Kier molecular flexibility index (Phi) is 9.47.